The summed E-state index contributed by atoms with van der Waals surface area (Å²) in [5.74, 6) is 0. The Hall–Kier alpha value is -2.61. The number of para-hydroxylation sites is 1. The minimum Gasteiger partial charge on any atom is -0.341 e. The Morgan fingerprint density at radius 3 is 2.33 bits per heavy atom. The molecule has 0 unspecified atom stereocenters. The van der Waals surface area contributed by atoms with Gasteiger partial charge in [0.05, 0.1) is 5.69 Å². The van der Waals surface area contributed by atoms with Gasteiger partial charge in [-0.3, -0.25) is 4.79 Å². The van der Waals surface area contributed by atoms with Crippen LogP contribution in [0.5, 0.6) is 0 Å². The van der Waals surface area contributed by atoms with E-state index >= 15 is 0 Å². The highest BCUT2D eigenvalue weighted by atomic mass is 16.1. The van der Waals surface area contributed by atoms with Crippen LogP contribution in [0.1, 0.15) is 17.3 Å². The molecule has 0 aliphatic rings. The number of hydrogen-bond donors (Lipinski definition) is 0. The van der Waals surface area contributed by atoms with E-state index in [1.807, 2.05) is 36.4 Å². The summed E-state index contributed by atoms with van der Waals surface area (Å²) in [7, 11) is 0. The molecule has 0 N–H and O–H groups in total. The number of hydrogen-bond acceptors (Lipinski definition) is 2. The largest absolute Gasteiger partial charge is 0.341 e. The minimum absolute atomic E-state index is 0.715. The SMILES string of the molecule is CCN(c1ccccc1C=O)c1cccc2ccccc12. The third kappa shape index (κ3) is 2.40. The monoisotopic (exact) mass is 275 g/mol. The average molecular weight is 275 g/mol. The van der Waals surface area contributed by atoms with E-state index in [1.165, 1.54) is 10.8 Å². The molecule has 3 rings (SSSR count). The fraction of sp³-hybridized carbons (Fsp3) is 0.105. The second-order valence-corrected chi connectivity index (χ2v) is 4.92. The van der Waals surface area contributed by atoms with Crippen LogP contribution in [0.25, 0.3) is 10.8 Å². The van der Waals surface area contributed by atoms with Crippen molar-refractivity contribution in [1.82, 2.24) is 0 Å². The second-order valence-electron chi connectivity index (χ2n) is 4.92. The van der Waals surface area contributed by atoms with Gasteiger partial charge in [-0.05, 0) is 30.5 Å². The van der Waals surface area contributed by atoms with Crippen molar-refractivity contribution in [2.45, 2.75) is 6.92 Å². The van der Waals surface area contributed by atoms with Gasteiger partial charge in [0.15, 0.2) is 6.29 Å². The topological polar surface area (TPSA) is 20.3 Å². The molecular formula is C19H17NO. The summed E-state index contributed by atoms with van der Waals surface area (Å²) in [5.41, 5.74) is 2.79. The zero-order valence-corrected chi connectivity index (χ0v) is 12.0. The first-order chi connectivity index (χ1) is 10.3. The predicted octanol–water partition coefficient (Wildman–Crippen LogP) is 4.81. The molecule has 21 heavy (non-hydrogen) atoms. The number of anilines is 2. The van der Waals surface area contributed by atoms with Crippen LogP contribution >= 0.6 is 0 Å². The zero-order valence-electron chi connectivity index (χ0n) is 12.0. The maximum atomic E-state index is 11.3. The standard InChI is InChI=1S/C19H17NO/c1-2-20(18-12-6-4-9-16(18)14-21)19-13-7-10-15-8-3-5-11-17(15)19/h3-14H,2H2,1H3. The molecule has 0 saturated carbocycles. The Balaban J connectivity index is 2.21. The van der Waals surface area contributed by atoms with E-state index in [4.69, 9.17) is 0 Å². The highest BCUT2D eigenvalue weighted by Crippen LogP contribution is 2.33. The lowest BCUT2D eigenvalue weighted by molar-refractivity contribution is 0.112. The van der Waals surface area contributed by atoms with Gasteiger partial charge in [0.1, 0.15) is 0 Å². The zero-order chi connectivity index (χ0) is 14.7. The lowest BCUT2D eigenvalue weighted by Crippen LogP contribution is -2.17. The van der Waals surface area contributed by atoms with Crippen LogP contribution in [0.2, 0.25) is 0 Å². The van der Waals surface area contributed by atoms with Crippen LogP contribution in [-0.4, -0.2) is 12.8 Å². The Morgan fingerprint density at radius 1 is 0.857 bits per heavy atom. The molecule has 0 fully saturated rings. The maximum Gasteiger partial charge on any atom is 0.152 e. The van der Waals surface area contributed by atoms with Gasteiger partial charge in [-0.1, -0.05) is 48.5 Å². The van der Waals surface area contributed by atoms with Gasteiger partial charge < -0.3 is 4.90 Å². The molecule has 104 valence electrons. The molecule has 3 aromatic carbocycles. The van der Waals surface area contributed by atoms with E-state index in [1.54, 1.807) is 0 Å². The summed E-state index contributed by atoms with van der Waals surface area (Å²) in [6, 6.07) is 22.3. The number of fused-ring (bicyclic) bond motifs is 1. The van der Waals surface area contributed by atoms with E-state index in [-0.39, 0.29) is 0 Å². The molecule has 0 aromatic heterocycles. The fourth-order valence-corrected chi connectivity index (χ4v) is 2.75. The molecule has 0 heterocycles. The lowest BCUT2D eigenvalue weighted by atomic mass is 10.1. The van der Waals surface area contributed by atoms with Crippen LogP contribution in [0.3, 0.4) is 0 Å². The van der Waals surface area contributed by atoms with Gasteiger partial charge in [0.2, 0.25) is 0 Å². The van der Waals surface area contributed by atoms with Gasteiger partial charge in [-0.15, -0.1) is 0 Å². The van der Waals surface area contributed by atoms with Crippen molar-refractivity contribution >= 4 is 28.4 Å². The number of aldehydes is 1. The van der Waals surface area contributed by atoms with Crippen LogP contribution in [-0.2, 0) is 0 Å². The van der Waals surface area contributed by atoms with Gasteiger partial charge in [0.25, 0.3) is 0 Å². The lowest BCUT2D eigenvalue weighted by Gasteiger charge is -2.26. The van der Waals surface area contributed by atoms with E-state index in [0.29, 0.717) is 5.56 Å². The van der Waals surface area contributed by atoms with E-state index in [2.05, 4.69) is 42.2 Å². The van der Waals surface area contributed by atoms with Crippen LogP contribution in [0.15, 0.2) is 66.7 Å². The molecular weight excluding hydrogens is 258 g/mol. The molecule has 0 radical (unpaired) electrons. The maximum absolute atomic E-state index is 11.3. The molecule has 2 nitrogen and oxygen atoms in total. The first-order valence-electron chi connectivity index (χ1n) is 7.14. The summed E-state index contributed by atoms with van der Waals surface area (Å²) in [4.78, 5) is 13.5. The first-order valence-corrected chi connectivity index (χ1v) is 7.14. The highest BCUT2D eigenvalue weighted by Gasteiger charge is 2.13. The molecule has 0 aliphatic carbocycles. The Morgan fingerprint density at radius 2 is 1.52 bits per heavy atom. The van der Waals surface area contributed by atoms with Crippen molar-refractivity contribution in [2.24, 2.45) is 0 Å². The molecule has 0 saturated heterocycles. The molecule has 0 spiro atoms. The summed E-state index contributed by atoms with van der Waals surface area (Å²) in [5, 5.41) is 2.40. The van der Waals surface area contributed by atoms with Crippen LogP contribution in [0, 0.1) is 0 Å². The van der Waals surface area contributed by atoms with Gasteiger partial charge in [-0.2, -0.15) is 0 Å². The third-order valence-electron chi connectivity index (χ3n) is 3.73. The Kier molecular flexibility index (Phi) is 3.69. The minimum atomic E-state index is 0.715. The Labute approximate surface area is 124 Å². The van der Waals surface area contributed by atoms with Crippen molar-refractivity contribution in [2.75, 3.05) is 11.4 Å². The van der Waals surface area contributed by atoms with E-state index < -0.39 is 0 Å². The molecule has 0 aliphatic heterocycles. The quantitative estimate of drug-likeness (QED) is 0.637. The number of benzene rings is 3. The van der Waals surface area contributed by atoms with Crippen molar-refractivity contribution < 1.29 is 4.79 Å². The van der Waals surface area contributed by atoms with Crippen molar-refractivity contribution in [3.63, 3.8) is 0 Å². The van der Waals surface area contributed by atoms with E-state index in [0.717, 1.165) is 24.2 Å². The summed E-state index contributed by atoms with van der Waals surface area (Å²) < 4.78 is 0. The summed E-state index contributed by atoms with van der Waals surface area (Å²) in [6.45, 7) is 2.90. The second kappa shape index (κ2) is 5.80. The number of carbonyl (C=O) groups is 1. The molecule has 3 aromatic rings. The normalized spacial score (nSPS) is 10.5. The number of nitrogens with zero attached hydrogens (tertiary/aromatic N) is 1. The molecule has 2 heteroatoms. The van der Waals surface area contributed by atoms with Gasteiger partial charge >= 0.3 is 0 Å². The van der Waals surface area contributed by atoms with Gasteiger partial charge in [0, 0.05) is 23.2 Å². The smallest absolute Gasteiger partial charge is 0.152 e. The fourth-order valence-electron chi connectivity index (χ4n) is 2.75. The highest BCUT2D eigenvalue weighted by molar-refractivity contribution is 5.98. The average Bonchev–Trinajstić information content (AvgIpc) is 2.56. The summed E-state index contributed by atoms with van der Waals surface area (Å²) >= 11 is 0. The predicted molar refractivity (Wildman–Crippen MR) is 88.5 cm³/mol. The Bertz CT molecular complexity index is 774. The summed E-state index contributed by atoms with van der Waals surface area (Å²) in [6.07, 6.45) is 0.920. The first kappa shape index (κ1) is 13.4. The van der Waals surface area contributed by atoms with E-state index in [9.17, 15) is 4.79 Å². The number of carbonyl (C=O) groups excluding carboxylic acids is 1. The molecule has 0 atom stereocenters. The number of rotatable bonds is 4. The third-order valence-corrected chi connectivity index (χ3v) is 3.73. The molecule has 0 bridgehead atoms. The molecule has 0 amide bonds. The van der Waals surface area contributed by atoms with Crippen molar-refractivity contribution in [3.8, 4) is 0 Å². The van der Waals surface area contributed by atoms with Crippen molar-refractivity contribution in [3.05, 3.63) is 72.3 Å². The van der Waals surface area contributed by atoms with Gasteiger partial charge in [-0.25, -0.2) is 0 Å². The van der Waals surface area contributed by atoms with Crippen LogP contribution in [0.4, 0.5) is 11.4 Å². The van der Waals surface area contributed by atoms with Crippen LogP contribution < -0.4 is 4.90 Å². The van der Waals surface area contributed by atoms with Crippen molar-refractivity contribution in [1.29, 1.82) is 0 Å².